The van der Waals surface area contributed by atoms with Gasteiger partial charge in [0.05, 0.1) is 0 Å². The first-order valence-corrected chi connectivity index (χ1v) is 7.27. The van der Waals surface area contributed by atoms with Crippen LogP contribution in [0.5, 0.6) is 0 Å². The van der Waals surface area contributed by atoms with Crippen LogP contribution in [0.1, 0.15) is 18.9 Å². The largest absolute Gasteiger partial charge is 0.354 e. The zero-order valence-electron chi connectivity index (χ0n) is 10.9. The van der Waals surface area contributed by atoms with E-state index in [0.717, 1.165) is 17.9 Å². The Kier molecular flexibility index (Phi) is 4.99. The quantitative estimate of drug-likeness (QED) is 0.909. The van der Waals surface area contributed by atoms with E-state index in [2.05, 4.69) is 46.2 Å². The summed E-state index contributed by atoms with van der Waals surface area (Å²) in [5.74, 6) is 0.525. The first kappa shape index (κ1) is 14.1. The summed E-state index contributed by atoms with van der Waals surface area (Å²) < 4.78 is 0. The summed E-state index contributed by atoms with van der Waals surface area (Å²) in [6.07, 6.45) is 1.00. The Labute approximate surface area is 122 Å². The van der Waals surface area contributed by atoms with Crippen molar-refractivity contribution in [2.75, 3.05) is 11.9 Å². The van der Waals surface area contributed by atoms with Crippen LogP contribution in [0.3, 0.4) is 0 Å². The maximum absolute atomic E-state index is 5.90. The molecule has 0 spiro atoms. The number of hydrogen-bond donors (Lipinski definition) is 1. The third kappa shape index (κ3) is 4.36. The molecular weight excluding hydrogens is 280 g/mol. The lowest BCUT2D eigenvalue weighted by molar-refractivity contribution is 0.878. The average molecular weight is 295 g/mol. The van der Waals surface area contributed by atoms with Gasteiger partial charge in [0, 0.05) is 11.4 Å². The second-order valence-corrected chi connectivity index (χ2v) is 5.43. The summed E-state index contributed by atoms with van der Waals surface area (Å²) >= 11 is 7.38. The molecule has 0 aliphatic carbocycles. The van der Waals surface area contributed by atoms with Crippen molar-refractivity contribution >= 4 is 29.3 Å². The van der Waals surface area contributed by atoms with E-state index < -0.39 is 0 Å². The van der Waals surface area contributed by atoms with Gasteiger partial charge in [0.2, 0.25) is 11.2 Å². The highest BCUT2D eigenvalue weighted by molar-refractivity contribution is 7.99. The monoisotopic (exact) mass is 294 g/mol. The minimum atomic E-state index is 0.211. The lowest BCUT2D eigenvalue weighted by atomic mass is 10.2. The van der Waals surface area contributed by atoms with Gasteiger partial charge in [-0.25, -0.2) is 0 Å². The van der Waals surface area contributed by atoms with Gasteiger partial charge in [0.15, 0.2) is 5.16 Å². The fourth-order valence-corrected chi connectivity index (χ4v) is 2.36. The molecule has 0 atom stereocenters. The standard InChI is InChI=1S/C13H15ClN4S/c1-3-8-15-12-16-11(14)17-13(18-12)19-10-6-4-9(2)5-7-10/h4-7H,3,8H2,1-2H3,(H,15,16,17,18). The van der Waals surface area contributed by atoms with Gasteiger partial charge in [-0.1, -0.05) is 24.6 Å². The fourth-order valence-electron chi connectivity index (χ4n) is 1.41. The third-order valence-electron chi connectivity index (χ3n) is 2.35. The summed E-state index contributed by atoms with van der Waals surface area (Å²) in [6.45, 7) is 4.95. The SMILES string of the molecule is CCCNc1nc(Cl)nc(Sc2ccc(C)cc2)n1. The molecule has 0 aliphatic heterocycles. The zero-order chi connectivity index (χ0) is 13.7. The smallest absolute Gasteiger partial charge is 0.228 e. The molecule has 6 heteroatoms. The van der Waals surface area contributed by atoms with Crippen LogP contribution in [-0.4, -0.2) is 21.5 Å². The summed E-state index contributed by atoms with van der Waals surface area (Å²) in [5.41, 5.74) is 1.23. The van der Waals surface area contributed by atoms with Gasteiger partial charge < -0.3 is 5.32 Å². The van der Waals surface area contributed by atoms with Crippen molar-refractivity contribution in [3.8, 4) is 0 Å². The van der Waals surface area contributed by atoms with Crippen LogP contribution in [0.4, 0.5) is 5.95 Å². The zero-order valence-corrected chi connectivity index (χ0v) is 12.4. The van der Waals surface area contributed by atoms with Gasteiger partial charge in [-0.15, -0.1) is 0 Å². The van der Waals surface area contributed by atoms with Gasteiger partial charge in [-0.05, 0) is 48.8 Å². The molecule has 1 N–H and O–H groups in total. The lowest BCUT2D eigenvalue weighted by Crippen LogP contribution is -2.06. The maximum atomic E-state index is 5.90. The van der Waals surface area contributed by atoms with E-state index in [0.29, 0.717) is 11.1 Å². The molecule has 19 heavy (non-hydrogen) atoms. The number of rotatable bonds is 5. The van der Waals surface area contributed by atoms with Gasteiger partial charge in [-0.2, -0.15) is 15.0 Å². The minimum absolute atomic E-state index is 0.211. The average Bonchev–Trinajstić information content (AvgIpc) is 2.38. The molecule has 0 saturated carbocycles. The van der Waals surface area contributed by atoms with E-state index in [1.54, 1.807) is 0 Å². The molecule has 100 valence electrons. The molecule has 0 fully saturated rings. The van der Waals surface area contributed by atoms with E-state index in [-0.39, 0.29) is 5.28 Å². The second-order valence-electron chi connectivity index (χ2n) is 4.05. The summed E-state index contributed by atoms with van der Waals surface area (Å²) in [7, 11) is 0. The molecule has 0 aliphatic rings. The second kappa shape index (κ2) is 6.73. The number of anilines is 1. The molecule has 2 rings (SSSR count). The van der Waals surface area contributed by atoms with Gasteiger partial charge >= 0.3 is 0 Å². The molecule has 1 aromatic carbocycles. The van der Waals surface area contributed by atoms with Crippen LogP contribution in [0.15, 0.2) is 34.3 Å². The normalized spacial score (nSPS) is 10.5. The maximum Gasteiger partial charge on any atom is 0.228 e. The van der Waals surface area contributed by atoms with Crippen LogP contribution in [0.2, 0.25) is 5.28 Å². The summed E-state index contributed by atoms with van der Waals surface area (Å²) in [4.78, 5) is 13.6. The number of nitrogens with zero attached hydrogens (tertiary/aromatic N) is 3. The number of aromatic nitrogens is 3. The molecule has 0 unspecified atom stereocenters. The van der Waals surface area contributed by atoms with Crippen LogP contribution < -0.4 is 5.32 Å². The van der Waals surface area contributed by atoms with Crippen molar-refractivity contribution in [3.63, 3.8) is 0 Å². The first-order chi connectivity index (χ1) is 9.17. The number of aryl methyl sites for hydroxylation is 1. The first-order valence-electron chi connectivity index (χ1n) is 6.07. The fraction of sp³-hybridized carbons (Fsp3) is 0.308. The van der Waals surface area contributed by atoms with E-state index >= 15 is 0 Å². The highest BCUT2D eigenvalue weighted by Crippen LogP contribution is 2.26. The van der Waals surface area contributed by atoms with E-state index in [4.69, 9.17) is 11.6 Å². The molecule has 0 bridgehead atoms. The molecule has 4 nitrogen and oxygen atoms in total. The van der Waals surface area contributed by atoms with Crippen LogP contribution in [-0.2, 0) is 0 Å². The van der Waals surface area contributed by atoms with Crippen molar-refractivity contribution in [1.29, 1.82) is 0 Å². The number of hydrogen-bond acceptors (Lipinski definition) is 5. The third-order valence-corrected chi connectivity index (χ3v) is 3.39. The molecule has 1 heterocycles. The summed E-state index contributed by atoms with van der Waals surface area (Å²) in [5, 5.41) is 3.92. The van der Waals surface area contributed by atoms with Crippen LogP contribution in [0, 0.1) is 6.92 Å². The topological polar surface area (TPSA) is 50.7 Å². The lowest BCUT2D eigenvalue weighted by Gasteiger charge is -2.05. The number of benzene rings is 1. The van der Waals surface area contributed by atoms with E-state index in [1.165, 1.54) is 17.3 Å². The Morgan fingerprint density at radius 2 is 1.89 bits per heavy atom. The van der Waals surface area contributed by atoms with Gasteiger partial charge in [0.25, 0.3) is 0 Å². The molecule has 0 amide bonds. The van der Waals surface area contributed by atoms with E-state index in [1.807, 2.05) is 12.1 Å². The van der Waals surface area contributed by atoms with Crippen molar-refractivity contribution < 1.29 is 0 Å². The molecule has 0 radical (unpaired) electrons. The predicted molar refractivity (Wildman–Crippen MR) is 78.9 cm³/mol. The van der Waals surface area contributed by atoms with Gasteiger partial charge in [-0.3, -0.25) is 0 Å². The Balaban J connectivity index is 2.15. The highest BCUT2D eigenvalue weighted by atomic mass is 35.5. The molecule has 1 aromatic heterocycles. The minimum Gasteiger partial charge on any atom is -0.354 e. The van der Waals surface area contributed by atoms with Crippen LogP contribution in [0.25, 0.3) is 0 Å². The number of halogens is 1. The Bertz CT molecular complexity index is 545. The van der Waals surface area contributed by atoms with Gasteiger partial charge in [0.1, 0.15) is 0 Å². The Hall–Kier alpha value is -1.33. The summed E-state index contributed by atoms with van der Waals surface area (Å²) in [6, 6.07) is 8.19. The molecular formula is C13H15ClN4S. The Morgan fingerprint density at radius 3 is 2.58 bits per heavy atom. The van der Waals surface area contributed by atoms with Crippen molar-refractivity contribution in [3.05, 3.63) is 35.1 Å². The predicted octanol–water partition coefficient (Wildman–Crippen LogP) is 3.81. The molecule has 0 saturated heterocycles. The highest BCUT2D eigenvalue weighted by Gasteiger charge is 2.06. The number of nitrogens with one attached hydrogen (secondary N) is 1. The van der Waals surface area contributed by atoms with Crippen molar-refractivity contribution in [1.82, 2.24) is 15.0 Å². The van der Waals surface area contributed by atoms with E-state index in [9.17, 15) is 0 Å². The van der Waals surface area contributed by atoms with Crippen molar-refractivity contribution in [2.24, 2.45) is 0 Å². The Morgan fingerprint density at radius 1 is 1.16 bits per heavy atom. The van der Waals surface area contributed by atoms with Crippen LogP contribution >= 0.6 is 23.4 Å². The molecule has 2 aromatic rings. The van der Waals surface area contributed by atoms with Crippen molar-refractivity contribution in [2.45, 2.75) is 30.3 Å².